The molecule has 0 radical (unpaired) electrons. The Hall–Kier alpha value is -0.860. The zero-order chi connectivity index (χ0) is 12.5. The molecule has 1 N–H and O–H groups in total. The first-order valence-corrected chi connectivity index (χ1v) is 7.20. The van der Waals surface area contributed by atoms with E-state index in [1.165, 1.54) is 18.4 Å². The van der Waals surface area contributed by atoms with Gasteiger partial charge >= 0.3 is 0 Å². The lowest BCUT2D eigenvalue weighted by molar-refractivity contribution is 0.0220. The van der Waals surface area contributed by atoms with Crippen molar-refractivity contribution in [1.82, 2.24) is 4.90 Å². The highest BCUT2D eigenvalue weighted by Crippen LogP contribution is 2.38. The Balaban J connectivity index is 1.71. The van der Waals surface area contributed by atoms with Crippen LogP contribution in [0, 0.1) is 0 Å². The standard InChI is InChI=1S/C16H23NO/c1-17(14-8-9-14)15-11-13(7-10-16(15)18)12-5-3-2-4-6-12/h2-6,13-16,18H,7-11H2,1H3. The zero-order valence-corrected chi connectivity index (χ0v) is 11.1. The molecule has 3 unspecified atom stereocenters. The Bertz CT molecular complexity index is 387. The van der Waals surface area contributed by atoms with Crippen LogP contribution >= 0.6 is 0 Å². The van der Waals surface area contributed by atoms with Crippen molar-refractivity contribution in [2.75, 3.05) is 7.05 Å². The average molecular weight is 245 g/mol. The lowest BCUT2D eigenvalue weighted by Gasteiger charge is -2.39. The summed E-state index contributed by atoms with van der Waals surface area (Å²) in [5.74, 6) is 0.626. The van der Waals surface area contributed by atoms with E-state index >= 15 is 0 Å². The van der Waals surface area contributed by atoms with E-state index in [2.05, 4.69) is 42.3 Å². The summed E-state index contributed by atoms with van der Waals surface area (Å²) in [5.41, 5.74) is 1.44. The molecule has 2 aliphatic carbocycles. The molecular formula is C16H23NO. The Kier molecular flexibility index (Phi) is 3.40. The molecule has 0 aromatic heterocycles. The van der Waals surface area contributed by atoms with Crippen LogP contribution in [0.15, 0.2) is 30.3 Å². The van der Waals surface area contributed by atoms with E-state index in [0.29, 0.717) is 12.0 Å². The van der Waals surface area contributed by atoms with Crippen LogP contribution in [0.2, 0.25) is 0 Å². The molecule has 1 aromatic carbocycles. The van der Waals surface area contributed by atoms with Crippen molar-refractivity contribution in [1.29, 1.82) is 0 Å². The van der Waals surface area contributed by atoms with Gasteiger partial charge in [0.2, 0.25) is 0 Å². The number of rotatable bonds is 3. The number of benzene rings is 1. The minimum absolute atomic E-state index is 0.129. The molecule has 0 bridgehead atoms. The fourth-order valence-corrected chi connectivity index (χ4v) is 3.35. The van der Waals surface area contributed by atoms with Crippen LogP contribution in [-0.4, -0.2) is 35.2 Å². The molecule has 2 saturated carbocycles. The van der Waals surface area contributed by atoms with Crippen LogP contribution in [0.25, 0.3) is 0 Å². The third-order valence-electron chi connectivity index (χ3n) is 4.70. The summed E-state index contributed by atoms with van der Waals surface area (Å²) in [6.45, 7) is 0. The van der Waals surface area contributed by atoms with Gasteiger partial charge in [-0.15, -0.1) is 0 Å². The van der Waals surface area contributed by atoms with Gasteiger partial charge in [0.15, 0.2) is 0 Å². The summed E-state index contributed by atoms with van der Waals surface area (Å²) in [6, 6.07) is 11.9. The maximum Gasteiger partial charge on any atom is 0.0695 e. The van der Waals surface area contributed by atoms with Crippen LogP contribution in [0.1, 0.15) is 43.6 Å². The van der Waals surface area contributed by atoms with Gasteiger partial charge < -0.3 is 5.11 Å². The Morgan fingerprint density at radius 1 is 1.06 bits per heavy atom. The van der Waals surface area contributed by atoms with Crippen molar-refractivity contribution >= 4 is 0 Å². The van der Waals surface area contributed by atoms with Crippen molar-refractivity contribution < 1.29 is 5.11 Å². The third-order valence-corrected chi connectivity index (χ3v) is 4.70. The molecule has 1 aromatic rings. The topological polar surface area (TPSA) is 23.5 Å². The maximum absolute atomic E-state index is 10.2. The van der Waals surface area contributed by atoms with Gasteiger partial charge in [-0.3, -0.25) is 4.90 Å². The second-order valence-electron chi connectivity index (χ2n) is 5.95. The van der Waals surface area contributed by atoms with Gasteiger partial charge in [-0.25, -0.2) is 0 Å². The molecule has 98 valence electrons. The summed E-state index contributed by atoms with van der Waals surface area (Å²) >= 11 is 0. The van der Waals surface area contributed by atoms with Crippen LogP contribution in [0.3, 0.4) is 0 Å². The van der Waals surface area contributed by atoms with Crippen molar-refractivity contribution in [2.45, 2.75) is 56.2 Å². The molecular weight excluding hydrogens is 222 g/mol. The zero-order valence-electron chi connectivity index (χ0n) is 11.1. The largest absolute Gasteiger partial charge is 0.391 e. The summed E-state index contributed by atoms with van der Waals surface area (Å²) in [7, 11) is 2.19. The Morgan fingerprint density at radius 2 is 1.78 bits per heavy atom. The molecule has 0 spiro atoms. The number of hydrogen-bond acceptors (Lipinski definition) is 2. The lowest BCUT2D eigenvalue weighted by atomic mass is 9.79. The predicted molar refractivity (Wildman–Crippen MR) is 73.6 cm³/mol. The second-order valence-corrected chi connectivity index (χ2v) is 5.95. The van der Waals surface area contributed by atoms with E-state index in [-0.39, 0.29) is 6.10 Å². The maximum atomic E-state index is 10.2. The highest BCUT2D eigenvalue weighted by molar-refractivity contribution is 5.20. The van der Waals surface area contributed by atoms with Crippen molar-refractivity contribution in [3.05, 3.63) is 35.9 Å². The first-order chi connectivity index (χ1) is 8.75. The van der Waals surface area contributed by atoms with Crippen molar-refractivity contribution in [2.24, 2.45) is 0 Å². The van der Waals surface area contributed by atoms with Gasteiger partial charge in [0, 0.05) is 12.1 Å². The highest BCUT2D eigenvalue weighted by atomic mass is 16.3. The molecule has 3 rings (SSSR count). The number of hydrogen-bond donors (Lipinski definition) is 1. The number of likely N-dealkylation sites (N-methyl/N-ethyl adjacent to an activating group) is 1. The Labute approximate surface area is 110 Å². The lowest BCUT2D eigenvalue weighted by Crippen LogP contribution is -2.46. The highest BCUT2D eigenvalue weighted by Gasteiger charge is 2.38. The molecule has 2 aliphatic rings. The fourth-order valence-electron chi connectivity index (χ4n) is 3.35. The molecule has 18 heavy (non-hydrogen) atoms. The molecule has 2 heteroatoms. The summed E-state index contributed by atoms with van der Waals surface area (Å²) in [5, 5.41) is 10.2. The van der Waals surface area contributed by atoms with E-state index in [1.807, 2.05) is 0 Å². The number of aliphatic hydroxyl groups excluding tert-OH is 1. The quantitative estimate of drug-likeness (QED) is 0.885. The summed E-state index contributed by atoms with van der Waals surface area (Å²) in [6.07, 6.45) is 5.68. The minimum Gasteiger partial charge on any atom is -0.391 e. The van der Waals surface area contributed by atoms with Gasteiger partial charge in [0.1, 0.15) is 0 Å². The smallest absolute Gasteiger partial charge is 0.0695 e. The van der Waals surface area contributed by atoms with Crippen LogP contribution in [0.5, 0.6) is 0 Å². The fraction of sp³-hybridized carbons (Fsp3) is 0.625. The van der Waals surface area contributed by atoms with Crippen LogP contribution < -0.4 is 0 Å². The van der Waals surface area contributed by atoms with Crippen LogP contribution in [0.4, 0.5) is 0 Å². The van der Waals surface area contributed by atoms with E-state index < -0.39 is 0 Å². The van der Waals surface area contributed by atoms with Gasteiger partial charge in [-0.2, -0.15) is 0 Å². The second kappa shape index (κ2) is 5.02. The predicted octanol–water partition coefficient (Wildman–Crippen LogP) is 2.78. The third kappa shape index (κ3) is 2.45. The normalized spacial score (nSPS) is 32.7. The first kappa shape index (κ1) is 12.2. The van der Waals surface area contributed by atoms with E-state index in [9.17, 15) is 5.11 Å². The Morgan fingerprint density at radius 3 is 2.44 bits per heavy atom. The molecule has 0 heterocycles. The van der Waals surface area contributed by atoms with Crippen LogP contribution in [-0.2, 0) is 0 Å². The number of nitrogens with zero attached hydrogens (tertiary/aromatic N) is 1. The monoisotopic (exact) mass is 245 g/mol. The summed E-state index contributed by atoms with van der Waals surface area (Å²) < 4.78 is 0. The van der Waals surface area contributed by atoms with E-state index in [0.717, 1.165) is 25.3 Å². The van der Waals surface area contributed by atoms with Gasteiger partial charge in [0.25, 0.3) is 0 Å². The molecule has 0 amide bonds. The average Bonchev–Trinajstić information content (AvgIpc) is 3.24. The SMILES string of the molecule is CN(C1CC1)C1CC(c2ccccc2)CCC1O. The minimum atomic E-state index is -0.129. The molecule has 0 aliphatic heterocycles. The van der Waals surface area contributed by atoms with Gasteiger partial charge in [-0.1, -0.05) is 30.3 Å². The molecule has 2 fully saturated rings. The number of aliphatic hydroxyl groups is 1. The van der Waals surface area contributed by atoms with Crippen molar-refractivity contribution in [3.63, 3.8) is 0 Å². The summed E-state index contributed by atoms with van der Waals surface area (Å²) in [4.78, 5) is 2.43. The molecule has 3 atom stereocenters. The van der Waals surface area contributed by atoms with E-state index in [1.54, 1.807) is 0 Å². The molecule has 2 nitrogen and oxygen atoms in total. The van der Waals surface area contributed by atoms with Gasteiger partial charge in [-0.05, 0) is 50.6 Å². The van der Waals surface area contributed by atoms with Crippen molar-refractivity contribution in [3.8, 4) is 0 Å². The van der Waals surface area contributed by atoms with Gasteiger partial charge in [0.05, 0.1) is 6.10 Å². The molecule has 0 saturated heterocycles. The van der Waals surface area contributed by atoms with E-state index in [4.69, 9.17) is 0 Å². The first-order valence-electron chi connectivity index (χ1n) is 7.20.